The van der Waals surface area contributed by atoms with Crippen molar-refractivity contribution in [3.8, 4) is 5.75 Å². The summed E-state index contributed by atoms with van der Waals surface area (Å²) >= 11 is 0. The van der Waals surface area contributed by atoms with Gasteiger partial charge in [-0.2, -0.15) is 0 Å². The summed E-state index contributed by atoms with van der Waals surface area (Å²) < 4.78 is 4.96. The van der Waals surface area contributed by atoms with E-state index in [1.54, 1.807) is 12.1 Å². The van der Waals surface area contributed by atoms with Crippen LogP contribution in [0.4, 0.5) is 0 Å². The van der Waals surface area contributed by atoms with Crippen molar-refractivity contribution in [3.05, 3.63) is 48.2 Å². The number of benzene rings is 1. The molecule has 2 N–H and O–H groups in total. The largest absolute Gasteiger partial charge is 0.508 e. The summed E-state index contributed by atoms with van der Waals surface area (Å²) in [5, 5.41) is 18.8. The molecule has 1 unspecified atom stereocenters. The second-order valence-corrected chi connectivity index (χ2v) is 2.86. The summed E-state index contributed by atoms with van der Waals surface area (Å²) in [7, 11) is 0. The van der Waals surface area contributed by atoms with Crippen LogP contribution in [0.15, 0.2) is 41.1 Å². The number of aromatic nitrogens is 1. The molecule has 72 valence electrons. The van der Waals surface area contributed by atoms with Crippen molar-refractivity contribution in [1.82, 2.24) is 4.98 Å². The maximum atomic E-state index is 9.73. The summed E-state index contributed by atoms with van der Waals surface area (Å²) in [6.45, 7) is 0. The van der Waals surface area contributed by atoms with E-state index in [2.05, 4.69) is 4.98 Å². The van der Waals surface area contributed by atoms with Gasteiger partial charge < -0.3 is 14.6 Å². The Morgan fingerprint density at radius 1 is 1.21 bits per heavy atom. The first-order valence-electron chi connectivity index (χ1n) is 4.14. The molecule has 0 saturated heterocycles. The van der Waals surface area contributed by atoms with Crippen molar-refractivity contribution in [2.24, 2.45) is 0 Å². The van der Waals surface area contributed by atoms with E-state index >= 15 is 0 Å². The third kappa shape index (κ3) is 1.60. The van der Waals surface area contributed by atoms with Gasteiger partial charge in [0, 0.05) is 0 Å². The number of aliphatic hydroxyl groups excluding tert-OH is 1. The zero-order valence-corrected chi connectivity index (χ0v) is 7.29. The normalized spacial score (nSPS) is 12.6. The fraction of sp³-hybridized carbons (Fsp3) is 0.100. The molecule has 0 aliphatic carbocycles. The molecule has 1 aromatic heterocycles. The number of aromatic hydroxyl groups is 1. The minimum Gasteiger partial charge on any atom is -0.508 e. The van der Waals surface area contributed by atoms with Crippen molar-refractivity contribution in [2.45, 2.75) is 6.10 Å². The van der Waals surface area contributed by atoms with Gasteiger partial charge in [-0.3, -0.25) is 0 Å². The second kappa shape index (κ2) is 3.51. The Balaban J connectivity index is 2.28. The molecule has 14 heavy (non-hydrogen) atoms. The molecule has 0 fully saturated rings. The third-order valence-corrected chi connectivity index (χ3v) is 1.89. The van der Waals surface area contributed by atoms with Crippen LogP contribution >= 0.6 is 0 Å². The first kappa shape index (κ1) is 8.77. The molecule has 0 radical (unpaired) electrons. The number of nitrogens with zero attached hydrogens (tertiary/aromatic N) is 1. The van der Waals surface area contributed by atoms with Gasteiger partial charge in [-0.25, -0.2) is 4.98 Å². The van der Waals surface area contributed by atoms with E-state index in [1.807, 2.05) is 0 Å². The number of aliphatic hydroxyl groups is 1. The summed E-state index contributed by atoms with van der Waals surface area (Å²) in [4.78, 5) is 3.84. The average molecular weight is 191 g/mol. The van der Waals surface area contributed by atoms with E-state index in [0.29, 0.717) is 5.56 Å². The van der Waals surface area contributed by atoms with Crippen LogP contribution in [0.2, 0.25) is 0 Å². The van der Waals surface area contributed by atoms with Gasteiger partial charge in [0.05, 0.1) is 6.20 Å². The van der Waals surface area contributed by atoms with Crippen molar-refractivity contribution in [1.29, 1.82) is 0 Å². The number of phenols is 1. The van der Waals surface area contributed by atoms with Gasteiger partial charge >= 0.3 is 0 Å². The third-order valence-electron chi connectivity index (χ3n) is 1.89. The fourth-order valence-corrected chi connectivity index (χ4v) is 1.17. The van der Waals surface area contributed by atoms with Crippen LogP contribution in [-0.4, -0.2) is 15.2 Å². The zero-order valence-electron chi connectivity index (χ0n) is 7.29. The minimum absolute atomic E-state index is 0.161. The highest BCUT2D eigenvalue weighted by Gasteiger charge is 2.14. The number of hydrogen-bond acceptors (Lipinski definition) is 4. The highest BCUT2D eigenvalue weighted by Crippen LogP contribution is 2.21. The van der Waals surface area contributed by atoms with Gasteiger partial charge in [-0.1, -0.05) is 12.1 Å². The van der Waals surface area contributed by atoms with Crippen molar-refractivity contribution in [2.75, 3.05) is 0 Å². The Hall–Kier alpha value is -1.81. The lowest BCUT2D eigenvalue weighted by Crippen LogP contribution is -1.98. The quantitative estimate of drug-likeness (QED) is 0.754. The summed E-state index contributed by atoms with van der Waals surface area (Å²) in [5.41, 5.74) is 0.630. The molecule has 2 aromatic rings. The molecule has 4 nitrogen and oxygen atoms in total. The molecule has 1 aromatic carbocycles. The van der Waals surface area contributed by atoms with Crippen LogP contribution in [0.5, 0.6) is 5.75 Å². The summed E-state index contributed by atoms with van der Waals surface area (Å²) in [6.07, 6.45) is 1.99. The van der Waals surface area contributed by atoms with Crippen LogP contribution in [0, 0.1) is 0 Å². The van der Waals surface area contributed by atoms with Gasteiger partial charge in [0.1, 0.15) is 12.0 Å². The smallest absolute Gasteiger partial charge is 0.227 e. The predicted molar refractivity (Wildman–Crippen MR) is 48.7 cm³/mol. The molecule has 0 amide bonds. The van der Waals surface area contributed by atoms with Crippen LogP contribution in [-0.2, 0) is 0 Å². The Morgan fingerprint density at radius 3 is 2.50 bits per heavy atom. The van der Waals surface area contributed by atoms with Gasteiger partial charge in [0.25, 0.3) is 0 Å². The van der Waals surface area contributed by atoms with E-state index in [-0.39, 0.29) is 11.6 Å². The topological polar surface area (TPSA) is 66.5 Å². The molecule has 1 atom stereocenters. The molecule has 2 rings (SSSR count). The van der Waals surface area contributed by atoms with Crippen molar-refractivity contribution < 1.29 is 14.6 Å². The molecular weight excluding hydrogens is 182 g/mol. The van der Waals surface area contributed by atoms with Gasteiger partial charge in [-0.15, -0.1) is 0 Å². The lowest BCUT2D eigenvalue weighted by Gasteiger charge is -2.06. The Morgan fingerprint density at radius 2 is 1.93 bits per heavy atom. The molecule has 1 heterocycles. The lowest BCUT2D eigenvalue weighted by molar-refractivity contribution is 0.182. The lowest BCUT2D eigenvalue weighted by atomic mass is 10.1. The minimum atomic E-state index is -0.884. The van der Waals surface area contributed by atoms with E-state index in [0.717, 1.165) is 0 Å². The van der Waals surface area contributed by atoms with Crippen LogP contribution in [0.25, 0.3) is 0 Å². The van der Waals surface area contributed by atoms with E-state index < -0.39 is 6.10 Å². The van der Waals surface area contributed by atoms with E-state index in [9.17, 15) is 5.11 Å². The molecule has 0 bridgehead atoms. The highest BCUT2D eigenvalue weighted by molar-refractivity contribution is 5.29. The van der Waals surface area contributed by atoms with E-state index in [4.69, 9.17) is 9.52 Å². The summed E-state index contributed by atoms with van der Waals surface area (Å²) in [5.74, 6) is 0.407. The van der Waals surface area contributed by atoms with Gasteiger partial charge in [0.2, 0.25) is 5.89 Å². The Kier molecular flexibility index (Phi) is 2.20. The van der Waals surface area contributed by atoms with Crippen molar-refractivity contribution >= 4 is 0 Å². The predicted octanol–water partition coefficient (Wildman–Crippen LogP) is 1.46. The molecule has 0 saturated carbocycles. The Bertz CT molecular complexity index is 394. The number of hydrogen-bond donors (Lipinski definition) is 2. The average Bonchev–Trinajstić information content (AvgIpc) is 2.71. The first-order valence-corrected chi connectivity index (χ1v) is 4.14. The van der Waals surface area contributed by atoms with Crippen LogP contribution in [0.1, 0.15) is 17.6 Å². The van der Waals surface area contributed by atoms with Crippen molar-refractivity contribution in [3.63, 3.8) is 0 Å². The standard InChI is InChI=1S/C10H9NO3/c12-8-3-1-7(2-4-8)9(13)10-11-5-6-14-10/h1-6,9,12-13H. The van der Waals surface area contributed by atoms with Gasteiger partial charge in [-0.05, 0) is 17.7 Å². The SMILES string of the molecule is Oc1ccc(C(O)c2ncco2)cc1. The maximum absolute atomic E-state index is 9.73. The maximum Gasteiger partial charge on any atom is 0.227 e. The number of oxazole rings is 1. The number of phenolic OH excluding ortho intramolecular Hbond substituents is 1. The fourth-order valence-electron chi connectivity index (χ4n) is 1.17. The monoisotopic (exact) mass is 191 g/mol. The molecular formula is C10H9NO3. The highest BCUT2D eigenvalue weighted by atomic mass is 16.4. The zero-order chi connectivity index (χ0) is 9.97. The molecule has 0 aliphatic rings. The molecule has 0 spiro atoms. The van der Waals surface area contributed by atoms with E-state index in [1.165, 1.54) is 24.6 Å². The van der Waals surface area contributed by atoms with Crippen LogP contribution in [0.3, 0.4) is 0 Å². The summed E-state index contributed by atoms with van der Waals surface area (Å²) in [6, 6.07) is 6.23. The Labute approximate surface area is 80.5 Å². The first-order chi connectivity index (χ1) is 6.77. The second-order valence-electron chi connectivity index (χ2n) is 2.86. The van der Waals surface area contributed by atoms with Crippen LogP contribution < -0.4 is 0 Å². The molecule has 4 heteroatoms. The van der Waals surface area contributed by atoms with Gasteiger partial charge in [0.15, 0.2) is 6.10 Å². The number of rotatable bonds is 2. The molecule has 0 aliphatic heterocycles.